The van der Waals surface area contributed by atoms with Crippen molar-refractivity contribution in [3.63, 3.8) is 0 Å². The largest absolute Gasteiger partial charge is 0.507 e. The quantitative estimate of drug-likeness (QED) is 0.848. The van der Waals surface area contributed by atoms with Crippen LogP contribution in [0.15, 0.2) is 36.4 Å². The van der Waals surface area contributed by atoms with E-state index in [1.807, 2.05) is 31.2 Å². The minimum atomic E-state index is -0.502. The van der Waals surface area contributed by atoms with Crippen molar-refractivity contribution >= 4 is 19.2 Å². The van der Waals surface area contributed by atoms with Gasteiger partial charge >= 0.3 is 0 Å². The third-order valence-corrected chi connectivity index (χ3v) is 5.22. The molecule has 0 aliphatic heterocycles. The second kappa shape index (κ2) is 6.40. The number of hydrogen-bond donors (Lipinski definition) is 2. The van der Waals surface area contributed by atoms with Gasteiger partial charge in [-0.25, -0.2) is 0 Å². The average molecular weight is 316 g/mol. The van der Waals surface area contributed by atoms with Crippen molar-refractivity contribution in [2.75, 3.05) is 0 Å². The highest BCUT2D eigenvalue weighted by atomic mass is 31.1. The molecule has 0 fully saturated rings. The zero-order valence-electron chi connectivity index (χ0n) is 13.9. The molecule has 2 atom stereocenters. The summed E-state index contributed by atoms with van der Waals surface area (Å²) in [6, 6.07) is 12.0. The first-order valence-corrected chi connectivity index (χ1v) is 8.58. The van der Waals surface area contributed by atoms with E-state index in [9.17, 15) is 10.2 Å². The summed E-state index contributed by atoms with van der Waals surface area (Å²) in [7, 11) is 0.329. The molecule has 0 aliphatic carbocycles. The Kier molecular flexibility index (Phi) is 4.94. The summed E-state index contributed by atoms with van der Waals surface area (Å²) in [6.07, 6.45) is -0.502. The lowest BCUT2D eigenvalue weighted by atomic mass is 9.86. The lowest BCUT2D eigenvalue weighted by molar-refractivity contribution is 0.200. The normalized spacial score (nSPS) is 13.7. The van der Waals surface area contributed by atoms with E-state index >= 15 is 0 Å². The maximum absolute atomic E-state index is 10.4. The van der Waals surface area contributed by atoms with Crippen LogP contribution in [0.3, 0.4) is 0 Å². The molecule has 2 aromatic carbocycles. The van der Waals surface area contributed by atoms with E-state index in [4.69, 9.17) is 0 Å². The van der Waals surface area contributed by atoms with Gasteiger partial charge in [-0.3, -0.25) is 0 Å². The first-order valence-electron chi connectivity index (χ1n) is 7.58. The number of aromatic hydroxyl groups is 1. The van der Waals surface area contributed by atoms with Gasteiger partial charge in [0.2, 0.25) is 0 Å². The van der Waals surface area contributed by atoms with Crippen LogP contribution < -0.4 is 10.6 Å². The van der Waals surface area contributed by atoms with Crippen LogP contribution in [0.4, 0.5) is 0 Å². The summed E-state index contributed by atoms with van der Waals surface area (Å²) in [4.78, 5) is 0. The van der Waals surface area contributed by atoms with Crippen molar-refractivity contribution in [2.24, 2.45) is 0 Å². The Morgan fingerprint density at radius 1 is 1.05 bits per heavy atom. The molecule has 0 amide bonds. The molecule has 2 rings (SSSR count). The van der Waals surface area contributed by atoms with Gasteiger partial charge in [0.25, 0.3) is 0 Å². The lowest BCUT2D eigenvalue weighted by Crippen LogP contribution is -2.17. The fraction of sp³-hybridized carbons (Fsp3) is 0.368. The van der Waals surface area contributed by atoms with E-state index < -0.39 is 6.10 Å². The highest BCUT2D eigenvalue weighted by Gasteiger charge is 2.18. The van der Waals surface area contributed by atoms with Gasteiger partial charge in [0, 0.05) is 5.30 Å². The van der Waals surface area contributed by atoms with Gasteiger partial charge in [0.15, 0.2) is 0 Å². The van der Waals surface area contributed by atoms with Crippen LogP contribution in [0, 0.1) is 6.92 Å². The van der Waals surface area contributed by atoms with Crippen molar-refractivity contribution in [3.8, 4) is 5.75 Å². The van der Waals surface area contributed by atoms with E-state index in [1.54, 1.807) is 6.92 Å². The van der Waals surface area contributed by atoms with E-state index in [2.05, 4.69) is 32.9 Å². The molecule has 2 nitrogen and oxygen atoms in total. The third kappa shape index (κ3) is 3.69. The Labute approximate surface area is 135 Å². The third-order valence-electron chi connectivity index (χ3n) is 3.85. The molecule has 2 aromatic rings. The molecular weight excluding hydrogens is 291 g/mol. The topological polar surface area (TPSA) is 40.5 Å². The van der Waals surface area contributed by atoms with E-state index in [0.717, 1.165) is 21.7 Å². The van der Waals surface area contributed by atoms with Crippen LogP contribution in [0.1, 0.15) is 50.5 Å². The smallest absolute Gasteiger partial charge is 0.126 e. The number of phenolic OH excluding ortho intramolecular Hbond substituents is 1. The van der Waals surface area contributed by atoms with Crippen molar-refractivity contribution in [1.29, 1.82) is 0 Å². The summed E-state index contributed by atoms with van der Waals surface area (Å²) < 4.78 is 0. The predicted octanol–water partition coefficient (Wildman–Crippen LogP) is 3.68. The molecule has 22 heavy (non-hydrogen) atoms. The Balaban J connectivity index is 2.48. The van der Waals surface area contributed by atoms with Gasteiger partial charge in [0.1, 0.15) is 5.75 Å². The minimum Gasteiger partial charge on any atom is -0.507 e. The fourth-order valence-electron chi connectivity index (χ4n) is 2.43. The molecule has 2 N–H and O–H groups in total. The molecule has 0 saturated carbocycles. The van der Waals surface area contributed by atoms with Crippen LogP contribution in [-0.2, 0) is 5.41 Å². The molecule has 2 unspecified atom stereocenters. The van der Waals surface area contributed by atoms with Gasteiger partial charge in [-0.2, -0.15) is 0 Å². The zero-order chi connectivity index (χ0) is 16.5. The zero-order valence-corrected chi connectivity index (χ0v) is 14.9. The number of benzene rings is 2. The summed E-state index contributed by atoms with van der Waals surface area (Å²) in [5, 5.41) is 22.4. The standard InChI is InChI=1S/C19H25O2P/c1-12-10-14(19(3,4)5)11-17(18(12)21)22-16-9-7-6-8-15(16)13(2)20/h6-11,13,20-22H,1-5H3. The molecule has 0 radical (unpaired) electrons. The molecule has 0 saturated heterocycles. The molecule has 0 spiro atoms. The van der Waals surface area contributed by atoms with Gasteiger partial charge in [-0.05, 0) is 47.3 Å². The molecule has 0 aromatic heterocycles. The van der Waals surface area contributed by atoms with Gasteiger partial charge in [-0.1, -0.05) is 59.7 Å². The van der Waals surface area contributed by atoms with E-state index in [1.165, 1.54) is 5.56 Å². The number of aliphatic hydroxyl groups is 1. The highest BCUT2D eigenvalue weighted by Crippen LogP contribution is 2.30. The SMILES string of the molecule is Cc1cc(C(C)(C)C)cc(Pc2ccccc2C(C)O)c1O. The van der Waals surface area contributed by atoms with E-state index in [0.29, 0.717) is 14.3 Å². The van der Waals surface area contributed by atoms with Crippen molar-refractivity contribution < 1.29 is 10.2 Å². The number of aliphatic hydroxyl groups excluding tert-OH is 1. The van der Waals surface area contributed by atoms with Crippen LogP contribution in [0.5, 0.6) is 5.75 Å². The average Bonchev–Trinajstić information content (AvgIpc) is 2.42. The molecular formula is C19H25O2P. The Morgan fingerprint density at radius 2 is 1.68 bits per heavy atom. The molecule has 0 aliphatic rings. The fourth-order valence-corrected chi connectivity index (χ4v) is 3.88. The Hall–Kier alpha value is -1.37. The van der Waals surface area contributed by atoms with Crippen molar-refractivity contribution in [2.45, 2.75) is 46.1 Å². The molecule has 0 heterocycles. The maximum atomic E-state index is 10.4. The summed E-state index contributed by atoms with van der Waals surface area (Å²) in [5.74, 6) is 0.367. The number of phenols is 1. The second-order valence-corrected chi connectivity index (χ2v) is 8.15. The highest BCUT2D eigenvalue weighted by molar-refractivity contribution is 7.55. The van der Waals surface area contributed by atoms with Crippen LogP contribution in [0.2, 0.25) is 0 Å². The van der Waals surface area contributed by atoms with Crippen LogP contribution in [0.25, 0.3) is 0 Å². The van der Waals surface area contributed by atoms with Crippen molar-refractivity contribution in [1.82, 2.24) is 0 Å². The number of aryl methyl sites for hydroxylation is 1. The second-order valence-electron chi connectivity index (χ2n) is 6.83. The number of hydrogen-bond acceptors (Lipinski definition) is 2. The first kappa shape index (κ1) is 17.0. The van der Waals surface area contributed by atoms with Gasteiger partial charge < -0.3 is 10.2 Å². The van der Waals surface area contributed by atoms with E-state index in [-0.39, 0.29) is 5.41 Å². The van der Waals surface area contributed by atoms with Gasteiger partial charge in [-0.15, -0.1) is 0 Å². The maximum Gasteiger partial charge on any atom is 0.126 e. The number of rotatable bonds is 3. The molecule has 3 heteroatoms. The van der Waals surface area contributed by atoms with Crippen LogP contribution >= 0.6 is 8.58 Å². The predicted molar refractivity (Wildman–Crippen MR) is 96.2 cm³/mol. The summed E-state index contributed by atoms with van der Waals surface area (Å²) >= 11 is 0. The molecule has 0 bridgehead atoms. The van der Waals surface area contributed by atoms with Crippen molar-refractivity contribution in [3.05, 3.63) is 53.1 Å². The Morgan fingerprint density at radius 3 is 2.27 bits per heavy atom. The lowest BCUT2D eigenvalue weighted by Gasteiger charge is -2.22. The minimum absolute atomic E-state index is 0.0431. The summed E-state index contributed by atoms with van der Waals surface area (Å²) in [5.41, 5.74) is 3.10. The first-order chi connectivity index (χ1) is 10.2. The summed E-state index contributed by atoms with van der Waals surface area (Å²) in [6.45, 7) is 10.2. The Bertz CT molecular complexity index is 670. The molecule has 118 valence electrons. The van der Waals surface area contributed by atoms with Gasteiger partial charge in [0.05, 0.1) is 6.10 Å². The monoisotopic (exact) mass is 316 g/mol. The van der Waals surface area contributed by atoms with Crippen LogP contribution in [-0.4, -0.2) is 10.2 Å².